The zero-order valence-corrected chi connectivity index (χ0v) is 26.3. The highest BCUT2D eigenvalue weighted by atomic mass is 35.5. The number of fused-ring (bicyclic) bond motifs is 2. The first-order chi connectivity index (χ1) is 19.8. The van der Waals surface area contributed by atoms with Crippen LogP contribution in [0.15, 0.2) is 52.3 Å². The minimum absolute atomic E-state index is 0. The molecule has 0 amide bonds. The second kappa shape index (κ2) is 17.4. The van der Waals surface area contributed by atoms with Crippen molar-refractivity contribution in [2.24, 2.45) is 0 Å². The Balaban J connectivity index is 0.00000484. The lowest BCUT2D eigenvalue weighted by Gasteiger charge is -2.36. The van der Waals surface area contributed by atoms with E-state index in [9.17, 15) is 18.0 Å². The monoisotopic (exact) mass is 627 g/mol. The first-order valence-corrected chi connectivity index (χ1v) is 16.0. The van der Waals surface area contributed by atoms with Crippen molar-refractivity contribution >= 4 is 41.5 Å². The highest BCUT2D eigenvalue weighted by Gasteiger charge is 2.33. The molecular weight excluding hydrogens is 583 g/mol. The Labute approximate surface area is 259 Å². The Kier molecular flexibility index (Phi) is 14.3. The van der Waals surface area contributed by atoms with E-state index in [2.05, 4.69) is 16.7 Å². The van der Waals surface area contributed by atoms with Gasteiger partial charge in [0.2, 0.25) is 0 Å². The van der Waals surface area contributed by atoms with Gasteiger partial charge < -0.3 is 14.5 Å². The largest absolute Gasteiger partial charge is 0.464 e. The Morgan fingerprint density at radius 3 is 2.17 bits per heavy atom. The van der Waals surface area contributed by atoms with Crippen LogP contribution in [0.3, 0.4) is 0 Å². The van der Waals surface area contributed by atoms with E-state index < -0.39 is 11.7 Å². The van der Waals surface area contributed by atoms with E-state index in [4.69, 9.17) is 4.74 Å². The van der Waals surface area contributed by atoms with Crippen molar-refractivity contribution in [3.05, 3.63) is 48.0 Å². The number of hydrogen-bond acceptors (Lipinski definition) is 6. The fourth-order valence-electron chi connectivity index (χ4n) is 5.52. The number of esters is 1. The molecule has 1 fully saturated rings. The number of para-hydroxylation sites is 1. The van der Waals surface area contributed by atoms with E-state index in [-0.39, 0.29) is 18.4 Å². The van der Waals surface area contributed by atoms with Crippen LogP contribution in [0.5, 0.6) is 0 Å². The van der Waals surface area contributed by atoms with E-state index in [0.717, 1.165) is 74.0 Å². The van der Waals surface area contributed by atoms with E-state index in [1.165, 1.54) is 56.0 Å². The summed E-state index contributed by atoms with van der Waals surface area (Å²) in [7, 11) is 0. The molecule has 0 unspecified atom stereocenters. The smallest absolute Gasteiger partial charge is 0.416 e. The van der Waals surface area contributed by atoms with Crippen molar-refractivity contribution in [2.75, 3.05) is 57.3 Å². The fourth-order valence-corrected chi connectivity index (χ4v) is 6.60. The molecule has 234 valence electrons. The maximum absolute atomic E-state index is 13.5. The number of piperazine rings is 1. The number of rotatable bonds is 15. The predicted octanol–water partition coefficient (Wildman–Crippen LogP) is 8.42. The first-order valence-electron chi connectivity index (χ1n) is 15.2. The quantitative estimate of drug-likeness (QED) is 0.146. The molecule has 42 heavy (non-hydrogen) atoms. The molecule has 0 N–H and O–H groups in total. The number of benzene rings is 2. The SMILES string of the molecule is CCCCCCCCCC(=O)OCCN1CCN(CCCN2c3ccccc3Sc3ccc(C(F)(F)F)cc32)CC1.Cl. The minimum Gasteiger partial charge on any atom is -0.464 e. The lowest BCUT2D eigenvalue weighted by atomic mass is 10.1. The molecule has 2 aromatic carbocycles. The molecule has 0 atom stereocenters. The lowest BCUT2D eigenvalue weighted by molar-refractivity contribution is -0.144. The van der Waals surface area contributed by atoms with Crippen LogP contribution in [-0.2, 0) is 15.7 Å². The standard InChI is InChI=1S/C32H44F3N3O2S.ClH/c1-2-3-4-5-6-7-8-14-31(39)40-24-23-37-21-19-36(20-22-37)17-11-18-38-27-12-9-10-13-29(27)41-30-16-15-26(25-28(30)38)32(33,34)35;/h9-10,12-13,15-16,25H,2-8,11,14,17-24H2,1H3;1H. The highest BCUT2D eigenvalue weighted by molar-refractivity contribution is 7.99. The molecule has 0 radical (unpaired) electrons. The van der Waals surface area contributed by atoms with Gasteiger partial charge in [-0.05, 0) is 49.7 Å². The van der Waals surface area contributed by atoms with Crippen LogP contribution in [0, 0.1) is 0 Å². The molecule has 2 aromatic rings. The summed E-state index contributed by atoms with van der Waals surface area (Å²) in [6, 6.07) is 12.0. The van der Waals surface area contributed by atoms with Gasteiger partial charge in [-0.25, -0.2) is 0 Å². The Morgan fingerprint density at radius 1 is 0.810 bits per heavy atom. The third-order valence-corrected chi connectivity index (χ3v) is 9.06. The number of hydrogen-bond donors (Lipinski definition) is 0. The molecule has 1 saturated heterocycles. The number of alkyl halides is 3. The summed E-state index contributed by atoms with van der Waals surface area (Å²) in [5, 5.41) is 0. The van der Waals surface area contributed by atoms with E-state index in [0.29, 0.717) is 25.3 Å². The van der Waals surface area contributed by atoms with E-state index in [1.807, 2.05) is 29.2 Å². The van der Waals surface area contributed by atoms with Crippen molar-refractivity contribution in [1.82, 2.24) is 9.80 Å². The lowest BCUT2D eigenvalue weighted by Crippen LogP contribution is -2.47. The summed E-state index contributed by atoms with van der Waals surface area (Å²) in [5.41, 5.74) is 0.992. The molecule has 2 aliphatic rings. The van der Waals surface area contributed by atoms with Crippen LogP contribution in [0.2, 0.25) is 0 Å². The van der Waals surface area contributed by atoms with Gasteiger partial charge in [0.05, 0.1) is 16.9 Å². The van der Waals surface area contributed by atoms with Crippen LogP contribution in [0.1, 0.15) is 70.3 Å². The summed E-state index contributed by atoms with van der Waals surface area (Å²) in [6.45, 7) is 8.70. The first kappa shape index (κ1) is 34.5. The number of anilines is 2. The van der Waals surface area contributed by atoms with Gasteiger partial charge >= 0.3 is 12.1 Å². The summed E-state index contributed by atoms with van der Waals surface area (Å²) < 4.78 is 45.9. The van der Waals surface area contributed by atoms with Gasteiger partial charge in [0.15, 0.2) is 0 Å². The second-order valence-electron chi connectivity index (χ2n) is 11.0. The van der Waals surface area contributed by atoms with Crippen molar-refractivity contribution in [3.63, 3.8) is 0 Å². The molecule has 5 nitrogen and oxygen atoms in total. The van der Waals surface area contributed by atoms with E-state index >= 15 is 0 Å². The van der Waals surface area contributed by atoms with Gasteiger partial charge in [-0.2, -0.15) is 13.2 Å². The van der Waals surface area contributed by atoms with Crippen LogP contribution < -0.4 is 4.90 Å². The molecule has 2 heterocycles. The average Bonchev–Trinajstić information content (AvgIpc) is 2.96. The normalized spacial score (nSPS) is 15.6. The molecule has 2 aliphatic heterocycles. The summed E-state index contributed by atoms with van der Waals surface area (Å²) >= 11 is 1.53. The molecule has 0 bridgehead atoms. The zero-order valence-electron chi connectivity index (χ0n) is 24.7. The third kappa shape index (κ3) is 10.4. The van der Waals surface area contributed by atoms with Crippen molar-refractivity contribution < 1.29 is 22.7 Å². The molecule has 4 rings (SSSR count). The molecule has 10 heteroatoms. The Hall–Kier alpha value is -1.94. The Bertz CT molecular complexity index is 1110. The molecular formula is C32H45ClF3N3O2S. The van der Waals surface area contributed by atoms with E-state index in [1.54, 1.807) is 6.07 Å². The summed E-state index contributed by atoms with van der Waals surface area (Å²) in [6.07, 6.45) is 5.33. The highest BCUT2D eigenvalue weighted by Crippen LogP contribution is 2.49. The molecule has 0 saturated carbocycles. The average molecular weight is 628 g/mol. The van der Waals surface area contributed by atoms with Gasteiger partial charge in [-0.1, -0.05) is 69.3 Å². The molecule has 0 spiro atoms. The predicted molar refractivity (Wildman–Crippen MR) is 167 cm³/mol. The zero-order chi connectivity index (χ0) is 29.1. The summed E-state index contributed by atoms with van der Waals surface area (Å²) in [5.74, 6) is -0.0844. The number of carbonyl (C=O) groups excluding carboxylic acids is 1. The fraction of sp³-hybridized carbons (Fsp3) is 0.594. The maximum atomic E-state index is 13.5. The van der Waals surface area contributed by atoms with Crippen LogP contribution in [-0.4, -0.2) is 68.2 Å². The second-order valence-corrected chi connectivity index (χ2v) is 12.1. The molecule has 0 aromatic heterocycles. The van der Waals surface area contributed by atoms with Gasteiger partial charge in [0, 0.05) is 55.5 Å². The van der Waals surface area contributed by atoms with Gasteiger partial charge in [-0.15, -0.1) is 12.4 Å². The van der Waals surface area contributed by atoms with Crippen LogP contribution in [0.25, 0.3) is 0 Å². The molecule has 0 aliphatic carbocycles. The number of unbranched alkanes of at least 4 members (excludes halogenated alkanes) is 6. The van der Waals surface area contributed by atoms with Crippen molar-refractivity contribution in [3.8, 4) is 0 Å². The topological polar surface area (TPSA) is 36.0 Å². The maximum Gasteiger partial charge on any atom is 0.416 e. The number of ether oxygens (including phenoxy) is 1. The van der Waals surface area contributed by atoms with Crippen LogP contribution in [0.4, 0.5) is 24.5 Å². The Morgan fingerprint density at radius 2 is 1.45 bits per heavy atom. The van der Waals surface area contributed by atoms with Gasteiger partial charge in [0.25, 0.3) is 0 Å². The summed E-state index contributed by atoms with van der Waals surface area (Å²) in [4.78, 5) is 20.8. The van der Waals surface area contributed by atoms with Gasteiger partial charge in [-0.3, -0.25) is 9.69 Å². The van der Waals surface area contributed by atoms with Crippen molar-refractivity contribution in [1.29, 1.82) is 0 Å². The number of nitrogens with zero attached hydrogens (tertiary/aromatic N) is 3. The number of carbonyl (C=O) groups is 1. The van der Waals surface area contributed by atoms with Crippen molar-refractivity contribution in [2.45, 2.75) is 80.7 Å². The number of halogens is 4. The third-order valence-electron chi connectivity index (χ3n) is 7.93. The van der Waals surface area contributed by atoms with Gasteiger partial charge in [0.1, 0.15) is 6.61 Å². The minimum atomic E-state index is -4.37. The van der Waals surface area contributed by atoms with Crippen LogP contribution >= 0.6 is 24.2 Å².